The highest BCUT2D eigenvalue weighted by atomic mass is 16.5. The summed E-state index contributed by atoms with van der Waals surface area (Å²) in [6.07, 6.45) is 1.64. The van der Waals surface area contributed by atoms with Gasteiger partial charge in [0.1, 0.15) is 0 Å². The number of carbonyl (C=O) groups is 1. The molecule has 0 heterocycles. The number of nitrogens with two attached hydrogens (primary N) is 1. The summed E-state index contributed by atoms with van der Waals surface area (Å²) >= 11 is 0. The lowest BCUT2D eigenvalue weighted by atomic mass is 10.1. The third-order valence-electron chi connectivity index (χ3n) is 1.41. The quantitative estimate of drug-likeness (QED) is 0.679. The fourth-order valence-electron chi connectivity index (χ4n) is 1.03. The van der Waals surface area contributed by atoms with Crippen LogP contribution in [0.5, 0.6) is 0 Å². The standard InChI is InChI=1S/C10H19NO2/c1-7(9(11)12)6-8(2)13-10(3,4)5/h6,8H,1-5H3,(H2,11,12)/b7-6+. The summed E-state index contributed by atoms with van der Waals surface area (Å²) in [6, 6.07) is 0. The van der Waals surface area contributed by atoms with E-state index >= 15 is 0 Å². The predicted molar refractivity (Wildman–Crippen MR) is 53.3 cm³/mol. The third kappa shape index (κ3) is 6.34. The van der Waals surface area contributed by atoms with Crippen LogP contribution < -0.4 is 5.73 Å². The summed E-state index contributed by atoms with van der Waals surface area (Å²) in [6.45, 7) is 9.48. The van der Waals surface area contributed by atoms with Crippen molar-refractivity contribution in [2.45, 2.75) is 46.3 Å². The van der Waals surface area contributed by atoms with Crippen LogP contribution in [0.25, 0.3) is 0 Å². The van der Waals surface area contributed by atoms with Crippen LogP contribution in [0.2, 0.25) is 0 Å². The first kappa shape index (κ1) is 12.2. The van der Waals surface area contributed by atoms with Crippen molar-refractivity contribution in [1.82, 2.24) is 0 Å². The zero-order valence-corrected chi connectivity index (χ0v) is 9.05. The number of ether oxygens (including phenoxy) is 1. The van der Waals surface area contributed by atoms with E-state index in [1.165, 1.54) is 0 Å². The van der Waals surface area contributed by atoms with Crippen LogP contribution in [0.15, 0.2) is 11.6 Å². The second-order valence-corrected chi connectivity index (χ2v) is 4.15. The van der Waals surface area contributed by atoms with Gasteiger partial charge in [-0.05, 0) is 40.7 Å². The normalized spacial score (nSPS) is 15.6. The van der Waals surface area contributed by atoms with E-state index in [-0.39, 0.29) is 11.7 Å². The molecular formula is C10H19NO2. The Bertz CT molecular complexity index is 213. The van der Waals surface area contributed by atoms with Gasteiger partial charge in [0.15, 0.2) is 0 Å². The van der Waals surface area contributed by atoms with Crippen LogP contribution >= 0.6 is 0 Å². The SMILES string of the molecule is C/C(=C\C(C)OC(C)(C)C)C(N)=O. The van der Waals surface area contributed by atoms with Crippen molar-refractivity contribution in [3.8, 4) is 0 Å². The smallest absolute Gasteiger partial charge is 0.244 e. The minimum Gasteiger partial charge on any atom is -0.369 e. The van der Waals surface area contributed by atoms with Gasteiger partial charge in [0.05, 0.1) is 11.7 Å². The molecule has 76 valence electrons. The molecule has 0 radical (unpaired) electrons. The van der Waals surface area contributed by atoms with E-state index in [1.54, 1.807) is 13.0 Å². The summed E-state index contributed by atoms with van der Waals surface area (Å²) in [5.41, 5.74) is 5.42. The minimum absolute atomic E-state index is 0.0903. The maximum atomic E-state index is 10.7. The molecule has 0 aliphatic carbocycles. The lowest BCUT2D eigenvalue weighted by molar-refractivity contribution is -0.114. The van der Waals surface area contributed by atoms with Crippen LogP contribution in [-0.4, -0.2) is 17.6 Å². The highest BCUT2D eigenvalue weighted by Crippen LogP contribution is 2.12. The Hall–Kier alpha value is -0.830. The number of hydrogen-bond acceptors (Lipinski definition) is 2. The van der Waals surface area contributed by atoms with Crippen LogP contribution in [0.3, 0.4) is 0 Å². The largest absolute Gasteiger partial charge is 0.369 e. The summed E-state index contributed by atoms with van der Waals surface area (Å²) in [5.74, 6) is -0.399. The topological polar surface area (TPSA) is 52.3 Å². The van der Waals surface area contributed by atoms with E-state index in [9.17, 15) is 4.79 Å². The van der Waals surface area contributed by atoms with E-state index in [2.05, 4.69) is 0 Å². The zero-order chi connectivity index (χ0) is 10.6. The van der Waals surface area contributed by atoms with Gasteiger partial charge in [0.2, 0.25) is 5.91 Å². The fourth-order valence-corrected chi connectivity index (χ4v) is 1.03. The number of primary amides is 1. The molecule has 0 aliphatic heterocycles. The average Bonchev–Trinajstić information content (AvgIpc) is 1.81. The molecule has 1 unspecified atom stereocenters. The molecule has 0 aromatic rings. The van der Waals surface area contributed by atoms with E-state index < -0.39 is 5.91 Å². The van der Waals surface area contributed by atoms with E-state index in [0.717, 1.165) is 0 Å². The number of amides is 1. The van der Waals surface area contributed by atoms with Crippen LogP contribution in [-0.2, 0) is 9.53 Å². The molecule has 1 atom stereocenters. The first-order valence-corrected chi connectivity index (χ1v) is 4.38. The number of carbonyl (C=O) groups excluding carboxylic acids is 1. The molecule has 0 aromatic heterocycles. The van der Waals surface area contributed by atoms with Gasteiger partial charge in [0.25, 0.3) is 0 Å². The first-order chi connectivity index (χ1) is 5.72. The third-order valence-corrected chi connectivity index (χ3v) is 1.41. The Morgan fingerprint density at radius 1 is 1.46 bits per heavy atom. The van der Waals surface area contributed by atoms with E-state index in [4.69, 9.17) is 10.5 Å². The zero-order valence-electron chi connectivity index (χ0n) is 9.05. The molecule has 3 nitrogen and oxygen atoms in total. The van der Waals surface area contributed by atoms with Crippen LogP contribution in [0.4, 0.5) is 0 Å². The van der Waals surface area contributed by atoms with Gasteiger partial charge >= 0.3 is 0 Å². The van der Waals surface area contributed by atoms with Crippen molar-refractivity contribution in [3.05, 3.63) is 11.6 Å². The Morgan fingerprint density at radius 3 is 2.23 bits per heavy atom. The second-order valence-electron chi connectivity index (χ2n) is 4.15. The molecule has 0 aliphatic rings. The minimum atomic E-state index is -0.399. The molecule has 0 saturated heterocycles. The van der Waals surface area contributed by atoms with Crippen LogP contribution in [0, 0.1) is 0 Å². The average molecular weight is 185 g/mol. The molecule has 0 rings (SSSR count). The lowest BCUT2D eigenvalue weighted by Crippen LogP contribution is -2.25. The Morgan fingerprint density at radius 2 is 1.92 bits per heavy atom. The highest BCUT2D eigenvalue weighted by Gasteiger charge is 2.14. The van der Waals surface area contributed by atoms with E-state index in [1.807, 2.05) is 27.7 Å². The highest BCUT2D eigenvalue weighted by molar-refractivity contribution is 5.91. The maximum absolute atomic E-state index is 10.7. The van der Waals surface area contributed by atoms with Gasteiger partial charge in [0, 0.05) is 5.57 Å². The van der Waals surface area contributed by atoms with Crippen molar-refractivity contribution < 1.29 is 9.53 Å². The predicted octanol–water partition coefficient (Wildman–Crippen LogP) is 1.62. The van der Waals surface area contributed by atoms with E-state index in [0.29, 0.717) is 5.57 Å². The molecule has 0 aromatic carbocycles. The molecule has 2 N–H and O–H groups in total. The Balaban J connectivity index is 4.23. The van der Waals surface area contributed by atoms with Crippen LogP contribution in [0.1, 0.15) is 34.6 Å². The Labute approximate surface area is 79.9 Å². The van der Waals surface area contributed by atoms with Gasteiger partial charge in [-0.1, -0.05) is 0 Å². The molecule has 1 amide bonds. The molecule has 0 fully saturated rings. The molecular weight excluding hydrogens is 166 g/mol. The molecule has 0 bridgehead atoms. The van der Waals surface area contributed by atoms with Gasteiger partial charge in [-0.15, -0.1) is 0 Å². The summed E-state index contributed by atoms with van der Waals surface area (Å²) < 4.78 is 5.57. The summed E-state index contributed by atoms with van der Waals surface area (Å²) in [5, 5.41) is 0. The summed E-state index contributed by atoms with van der Waals surface area (Å²) in [4.78, 5) is 10.7. The Kier molecular flexibility index (Phi) is 4.14. The first-order valence-electron chi connectivity index (χ1n) is 4.38. The van der Waals surface area contributed by atoms with Crippen molar-refractivity contribution in [2.24, 2.45) is 5.73 Å². The summed E-state index contributed by atoms with van der Waals surface area (Å²) in [7, 11) is 0. The van der Waals surface area contributed by atoms with Gasteiger partial charge in [-0.25, -0.2) is 0 Å². The number of rotatable bonds is 3. The molecule has 0 spiro atoms. The van der Waals surface area contributed by atoms with Gasteiger partial charge in [-0.3, -0.25) is 4.79 Å². The van der Waals surface area contributed by atoms with Crippen molar-refractivity contribution in [1.29, 1.82) is 0 Å². The van der Waals surface area contributed by atoms with Crippen molar-refractivity contribution in [2.75, 3.05) is 0 Å². The molecule has 0 saturated carbocycles. The van der Waals surface area contributed by atoms with Gasteiger partial charge < -0.3 is 10.5 Å². The molecule has 13 heavy (non-hydrogen) atoms. The maximum Gasteiger partial charge on any atom is 0.244 e. The second kappa shape index (κ2) is 4.42. The fraction of sp³-hybridized carbons (Fsp3) is 0.700. The monoisotopic (exact) mass is 185 g/mol. The van der Waals surface area contributed by atoms with Crippen molar-refractivity contribution in [3.63, 3.8) is 0 Å². The molecule has 3 heteroatoms. The lowest BCUT2D eigenvalue weighted by Gasteiger charge is -2.23. The van der Waals surface area contributed by atoms with Gasteiger partial charge in [-0.2, -0.15) is 0 Å². The van der Waals surface area contributed by atoms with Crippen molar-refractivity contribution >= 4 is 5.91 Å². The number of hydrogen-bond donors (Lipinski definition) is 1.